The number of anilines is 1. The van der Waals surface area contributed by atoms with Gasteiger partial charge in [-0.2, -0.15) is 0 Å². The summed E-state index contributed by atoms with van der Waals surface area (Å²) < 4.78 is 0.626. The maximum absolute atomic E-state index is 11.5. The quantitative estimate of drug-likeness (QED) is 0.800. The van der Waals surface area contributed by atoms with Gasteiger partial charge in [-0.3, -0.25) is 4.79 Å². The van der Waals surface area contributed by atoms with Gasteiger partial charge in [0.05, 0.1) is 6.33 Å². The molecule has 1 aliphatic heterocycles. The summed E-state index contributed by atoms with van der Waals surface area (Å²) in [6, 6.07) is 0.297. The fourth-order valence-corrected chi connectivity index (χ4v) is 2.74. The molecule has 2 heterocycles. The Morgan fingerprint density at radius 1 is 1.50 bits per heavy atom. The van der Waals surface area contributed by atoms with E-state index in [1.54, 1.807) is 0 Å². The van der Waals surface area contributed by atoms with Crippen LogP contribution in [0.15, 0.2) is 11.1 Å². The van der Waals surface area contributed by atoms with Crippen molar-refractivity contribution in [2.75, 3.05) is 25.0 Å². The van der Waals surface area contributed by atoms with Crippen molar-refractivity contribution in [1.29, 1.82) is 0 Å². The minimum Gasteiger partial charge on any atom is -0.365 e. The van der Waals surface area contributed by atoms with Gasteiger partial charge in [0, 0.05) is 12.6 Å². The van der Waals surface area contributed by atoms with E-state index < -0.39 is 0 Å². The highest BCUT2D eigenvalue weighted by molar-refractivity contribution is 14.1. The van der Waals surface area contributed by atoms with E-state index in [-0.39, 0.29) is 5.56 Å². The average Bonchev–Trinajstić information content (AvgIpc) is 2.36. The number of piperidine rings is 1. The SMILES string of the molecule is CC(CN1CCCCC1)Nc1nc[nH]c(=O)c1I. The topological polar surface area (TPSA) is 61.0 Å². The van der Waals surface area contributed by atoms with E-state index >= 15 is 0 Å². The third-order valence-corrected chi connectivity index (χ3v) is 4.16. The lowest BCUT2D eigenvalue weighted by Gasteiger charge is -2.29. The second-order valence-corrected chi connectivity index (χ2v) is 5.88. The van der Waals surface area contributed by atoms with Gasteiger partial charge in [-0.15, -0.1) is 0 Å². The minimum atomic E-state index is -0.0849. The summed E-state index contributed by atoms with van der Waals surface area (Å²) in [5.41, 5.74) is -0.0849. The lowest BCUT2D eigenvalue weighted by atomic mass is 10.1. The molecule has 0 saturated carbocycles. The van der Waals surface area contributed by atoms with Crippen LogP contribution in [-0.2, 0) is 0 Å². The molecular weight excluding hydrogens is 343 g/mol. The Hall–Kier alpha value is -0.630. The van der Waals surface area contributed by atoms with E-state index in [1.165, 1.54) is 38.7 Å². The number of rotatable bonds is 4. The van der Waals surface area contributed by atoms with Crippen molar-refractivity contribution in [3.63, 3.8) is 0 Å². The minimum absolute atomic E-state index is 0.0849. The van der Waals surface area contributed by atoms with Gasteiger partial charge in [0.2, 0.25) is 0 Å². The van der Waals surface area contributed by atoms with Gasteiger partial charge >= 0.3 is 0 Å². The predicted octanol–water partition coefficient (Wildman–Crippen LogP) is 1.66. The van der Waals surface area contributed by atoms with Gasteiger partial charge in [0.15, 0.2) is 0 Å². The van der Waals surface area contributed by atoms with Crippen LogP contribution in [0.25, 0.3) is 0 Å². The van der Waals surface area contributed by atoms with E-state index in [9.17, 15) is 4.79 Å². The number of hydrogen-bond donors (Lipinski definition) is 2. The van der Waals surface area contributed by atoms with Crippen molar-refractivity contribution in [3.05, 3.63) is 20.3 Å². The van der Waals surface area contributed by atoms with Crippen LogP contribution < -0.4 is 10.9 Å². The zero-order chi connectivity index (χ0) is 13.0. The smallest absolute Gasteiger partial charge is 0.266 e. The van der Waals surface area contributed by atoms with Gasteiger partial charge < -0.3 is 15.2 Å². The number of aromatic nitrogens is 2. The summed E-state index contributed by atoms with van der Waals surface area (Å²) in [5, 5.41) is 3.32. The van der Waals surface area contributed by atoms with Crippen LogP contribution in [0.4, 0.5) is 5.82 Å². The highest BCUT2D eigenvalue weighted by Gasteiger charge is 2.14. The van der Waals surface area contributed by atoms with Crippen molar-refractivity contribution in [2.45, 2.75) is 32.2 Å². The maximum Gasteiger partial charge on any atom is 0.266 e. The Labute approximate surface area is 121 Å². The van der Waals surface area contributed by atoms with Crippen LogP contribution in [0.2, 0.25) is 0 Å². The molecule has 2 rings (SSSR count). The third kappa shape index (κ3) is 3.68. The van der Waals surface area contributed by atoms with Crippen LogP contribution in [0.1, 0.15) is 26.2 Å². The first-order valence-corrected chi connectivity index (χ1v) is 7.47. The van der Waals surface area contributed by atoms with Gasteiger partial charge in [-0.25, -0.2) is 4.98 Å². The first-order valence-electron chi connectivity index (χ1n) is 6.39. The van der Waals surface area contributed by atoms with Crippen molar-refractivity contribution >= 4 is 28.4 Å². The molecule has 6 heteroatoms. The normalized spacial score (nSPS) is 18.6. The van der Waals surface area contributed by atoms with Crippen molar-refractivity contribution in [2.24, 2.45) is 0 Å². The van der Waals surface area contributed by atoms with Crippen LogP contribution in [0, 0.1) is 3.57 Å². The van der Waals surface area contributed by atoms with Gasteiger partial charge in [-0.1, -0.05) is 6.42 Å². The maximum atomic E-state index is 11.5. The van der Waals surface area contributed by atoms with Crippen molar-refractivity contribution < 1.29 is 0 Å². The van der Waals surface area contributed by atoms with Crippen LogP contribution in [0.5, 0.6) is 0 Å². The second kappa shape index (κ2) is 6.51. The van der Waals surface area contributed by atoms with Gasteiger partial charge in [0.1, 0.15) is 9.39 Å². The summed E-state index contributed by atoms with van der Waals surface area (Å²) in [6.07, 6.45) is 5.40. The zero-order valence-electron chi connectivity index (χ0n) is 10.6. The number of halogens is 1. The molecule has 0 radical (unpaired) electrons. The highest BCUT2D eigenvalue weighted by atomic mass is 127. The molecule has 0 aromatic carbocycles. The second-order valence-electron chi connectivity index (χ2n) is 4.80. The molecule has 1 unspecified atom stereocenters. The van der Waals surface area contributed by atoms with E-state index in [1.807, 2.05) is 22.6 Å². The lowest BCUT2D eigenvalue weighted by Crippen LogP contribution is -2.38. The molecule has 2 N–H and O–H groups in total. The molecule has 1 fully saturated rings. The Kier molecular flexibility index (Phi) is 4.99. The molecule has 0 aliphatic carbocycles. The number of hydrogen-bond acceptors (Lipinski definition) is 4. The average molecular weight is 362 g/mol. The van der Waals surface area contributed by atoms with Crippen LogP contribution in [0.3, 0.4) is 0 Å². The van der Waals surface area contributed by atoms with E-state index in [4.69, 9.17) is 0 Å². The Morgan fingerprint density at radius 3 is 2.94 bits per heavy atom. The number of nitrogens with zero attached hydrogens (tertiary/aromatic N) is 2. The molecule has 100 valence electrons. The van der Waals surface area contributed by atoms with E-state index in [0.717, 1.165) is 6.54 Å². The van der Waals surface area contributed by atoms with Crippen LogP contribution in [-0.4, -0.2) is 40.5 Å². The molecular formula is C12H19IN4O. The summed E-state index contributed by atoms with van der Waals surface area (Å²) in [4.78, 5) is 20.7. The molecule has 1 aromatic rings. The Bertz CT molecular complexity index is 442. The molecule has 1 aromatic heterocycles. The number of nitrogens with one attached hydrogen (secondary N) is 2. The third-order valence-electron chi connectivity index (χ3n) is 3.16. The first kappa shape index (κ1) is 13.8. The molecule has 1 saturated heterocycles. The molecule has 0 bridgehead atoms. The molecule has 1 atom stereocenters. The largest absolute Gasteiger partial charge is 0.365 e. The van der Waals surface area contributed by atoms with Crippen LogP contribution >= 0.6 is 22.6 Å². The number of aromatic amines is 1. The molecule has 1 aliphatic rings. The van der Waals surface area contributed by atoms with E-state index in [0.29, 0.717) is 15.4 Å². The molecule has 0 amide bonds. The number of likely N-dealkylation sites (tertiary alicyclic amines) is 1. The standard InChI is InChI=1S/C12H19IN4O/c1-9(7-17-5-3-2-4-6-17)16-11-10(13)12(18)15-8-14-11/h8-9H,2-7H2,1H3,(H2,14,15,16,18). The Balaban J connectivity index is 1.92. The Morgan fingerprint density at radius 2 is 2.22 bits per heavy atom. The van der Waals surface area contributed by atoms with E-state index in [2.05, 4.69) is 27.1 Å². The fraction of sp³-hybridized carbons (Fsp3) is 0.667. The lowest BCUT2D eigenvalue weighted by molar-refractivity contribution is 0.223. The summed E-state index contributed by atoms with van der Waals surface area (Å²) in [7, 11) is 0. The molecule has 5 nitrogen and oxygen atoms in total. The highest BCUT2D eigenvalue weighted by Crippen LogP contribution is 2.13. The molecule has 18 heavy (non-hydrogen) atoms. The monoisotopic (exact) mass is 362 g/mol. The fourth-order valence-electron chi connectivity index (χ4n) is 2.29. The first-order chi connectivity index (χ1) is 8.66. The van der Waals surface area contributed by atoms with Gasteiger partial charge in [0.25, 0.3) is 5.56 Å². The molecule has 0 spiro atoms. The zero-order valence-corrected chi connectivity index (χ0v) is 12.7. The van der Waals surface area contributed by atoms with Crippen molar-refractivity contribution in [1.82, 2.24) is 14.9 Å². The number of H-pyrrole nitrogens is 1. The summed E-state index contributed by atoms with van der Waals surface area (Å²) >= 11 is 2.03. The predicted molar refractivity (Wildman–Crippen MR) is 81.0 cm³/mol. The summed E-state index contributed by atoms with van der Waals surface area (Å²) in [5.74, 6) is 0.684. The summed E-state index contributed by atoms with van der Waals surface area (Å²) in [6.45, 7) is 5.51. The van der Waals surface area contributed by atoms with Gasteiger partial charge in [-0.05, 0) is 55.4 Å². The van der Waals surface area contributed by atoms with Crippen molar-refractivity contribution in [3.8, 4) is 0 Å².